The van der Waals surface area contributed by atoms with Crippen LogP contribution in [0.3, 0.4) is 0 Å². The van der Waals surface area contributed by atoms with Gasteiger partial charge in [0.2, 0.25) is 0 Å². The third-order valence-corrected chi connectivity index (χ3v) is 5.37. The minimum Gasteiger partial charge on any atom is -0.331 e. The van der Waals surface area contributed by atoms with E-state index >= 15 is 0 Å². The zero-order valence-corrected chi connectivity index (χ0v) is 15.2. The molecule has 2 aromatic rings. The Kier molecular flexibility index (Phi) is 4.86. The Morgan fingerprint density at radius 2 is 2.12 bits per heavy atom. The molecule has 3 heterocycles. The van der Waals surface area contributed by atoms with Crippen molar-refractivity contribution in [1.29, 1.82) is 0 Å². The maximum Gasteiger partial charge on any atom is 0.317 e. The molecule has 138 valence electrons. The molecule has 4 rings (SSSR count). The number of aromatic nitrogens is 4. The SMILES string of the molecule is CCC(NC(=O)N1CCCC(c2n[nH]c(C3CC3)n2)C1)c1ccncc1. The van der Waals surface area contributed by atoms with Crippen LogP contribution in [0.15, 0.2) is 24.5 Å². The lowest BCUT2D eigenvalue weighted by Gasteiger charge is -2.32. The summed E-state index contributed by atoms with van der Waals surface area (Å²) in [7, 11) is 0. The van der Waals surface area contributed by atoms with E-state index in [1.165, 1.54) is 12.8 Å². The summed E-state index contributed by atoms with van der Waals surface area (Å²) < 4.78 is 0. The van der Waals surface area contributed by atoms with E-state index in [-0.39, 0.29) is 18.0 Å². The number of nitrogens with one attached hydrogen (secondary N) is 2. The van der Waals surface area contributed by atoms with Gasteiger partial charge in [0.15, 0.2) is 5.82 Å². The predicted molar refractivity (Wildman–Crippen MR) is 97.7 cm³/mol. The first-order valence-corrected chi connectivity index (χ1v) is 9.62. The van der Waals surface area contributed by atoms with Crippen molar-refractivity contribution in [1.82, 2.24) is 30.4 Å². The first kappa shape index (κ1) is 17.0. The summed E-state index contributed by atoms with van der Waals surface area (Å²) in [6.45, 7) is 3.55. The van der Waals surface area contributed by atoms with Crippen LogP contribution in [0.1, 0.15) is 74.1 Å². The summed E-state index contributed by atoms with van der Waals surface area (Å²) in [5.41, 5.74) is 1.09. The van der Waals surface area contributed by atoms with Crippen molar-refractivity contribution >= 4 is 6.03 Å². The van der Waals surface area contributed by atoms with Crippen LogP contribution < -0.4 is 5.32 Å². The second-order valence-electron chi connectivity index (χ2n) is 7.33. The number of hydrogen-bond donors (Lipinski definition) is 2. The molecule has 1 saturated carbocycles. The van der Waals surface area contributed by atoms with Crippen LogP contribution in [-0.4, -0.2) is 44.2 Å². The molecule has 0 radical (unpaired) electrons. The maximum absolute atomic E-state index is 12.8. The summed E-state index contributed by atoms with van der Waals surface area (Å²) in [4.78, 5) is 23.4. The van der Waals surface area contributed by atoms with E-state index < -0.39 is 0 Å². The maximum atomic E-state index is 12.8. The Balaban J connectivity index is 1.39. The van der Waals surface area contributed by atoms with Crippen LogP contribution in [0.2, 0.25) is 0 Å². The van der Waals surface area contributed by atoms with Gasteiger partial charge in [-0.1, -0.05) is 6.92 Å². The van der Waals surface area contributed by atoms with Crippen LogP contribution in [-0.2, 0) is 0 Å². The number of piperidine rings is 1. The third kappa shape index (κ3) is 3.71. The van der Waals surface area contributed by atoms with Crippen LogP contribution in [0, 0.1) is 0 Å². The van der Waals surface area contributed by atoms with Crippen LogP contribution in [0.4, 0.5) is 4.79 Å². The van der Waals surface area contributed by atoms with Crippen molar-refractivity contribution in [2.45, 2.75) is 56.9 Å². The highest BCUT2D eigenvalue weighted by Gasteiger charge is 2.31. The largest absolute Gasteiger partial charge is 0.331 e. The van der Waals surface area contributed by atoms with Gasteiger partial charge in [-0.2, -0.15) is 5.10 Å². The van der Waals surface area contributed by atoms with E-state index in [1.54, 1.807) is 12.4 Å². The van der Waals surface area contributed by atoms with Gasteiger partial charge in [-0.25, -0.2) is 9.78 Å². The lowest BCUT2D eigenvalue weighted by Crippen LogP contribution is -2.46. The van der Waals surface area contributed by atoms with E-state index in [0.29, 0.717) is 12.5 Å². The number of likely N-dealkylation sites (tertiary alicyclic amines) is 1. The van der Waals surface area contributed by atoms with E-state index in [1.807, 2.05) is 17.0 Å². The van der Waals surface area contributed by atoms with Crippen molar-refractivity contribution in [3.63, 3.8) is 0 Å². The first-order valence-electron chi connectivity index (χ1n) is 9.62. The van der Waals surface area contributed by atoms with Crippen molar-refractivity contribution < 1.29 is 4.79 Å². The van der Waals surface area contributed by atoms with Crippen molar-refractivity contribution in [3.8, 4) is 0 Å². The number of carbonyl (C=O) groups is 1. The second kappa shape index (κ2) is 7.43. The number of carbonyl (C=O) groups excluding carboxylic acids is 1. The highest BCUT2D eigenvalue weighted by molar-refractivity contribution is 5.75. The highest BCUT2D eigenvalue weighted by atomic mass is 16.2. The number of amides is 2. The Morgan fingerprint density at radius 3 is 2.85 bits per heavy atom. The average molecular weight is 354 g/mol. The Bertz CT molecular complexity index is 741. The van der Waals surface area contributed by atoms with Gasteiger partial charge in [0.1, 0.15) is 5.82 Å². The number of pyridine rings is 1. The predicted octanol–water partition coefficient (Wildman–Crippen LogP) is 3.12. The number of urea groups is 1. The van der Waals surface area contributed by atoms with E-state index in [0.717, 1.165) is 43.0 Å². The van der Waals surface area contributed by atoms with Crippen molar-refractivity contribution in [3.05, 3.63) is 41.7 Å². The molecule has 1 aliphatic heterocycles. The fourth-order valence-electron chi connectivity index (χ4n) is 3.64. The topological polar surface area (TPSA) is 86.8 Å². The van der Waals surface area contributed by atoms with Gasteiger partial charge in [0.25, 0.3) is 0 Å². The summed E-state index contributed by atoms with van der Waals surface area (Å²) in [5.74, 6) is 2.68. The van der Waals surface area contributed by atoms with Gasteiger partial charge in [-0.3, -0.25) is 10.1 Å². The molecular weight excluding hydrogens is 328 g/mol. The molecule has 2 unspecified atom stereocenters. The number of rotatable bonds is 5. The molecule has 7 nitrogen and oxygen atoms in total. The number of aromatic amines is 1. The zero-order chi connectivity index (χ0) is 17.9. The molecule has 1 aliphatic carbocycles. The molecule has 2 aromatic heterocycles. The van der Waals surface area contributed by atoms with Crippen molar-refractivity contribution in [2.24, 2.45) is 0 Å². The van der Waals surface area contributed by atoms with Gasteiger partial charge in [0, 0.05) is 37.3 Å². The van der Waals surface area contributed by atoms with E-state index in [2.05, 4.69) is 32.4 Å². The molecule has 2 N–H and O–H groups in total. The summed E-state index contributed by atoms with van der Waals surface area (Å²) >= 11 is 0. The minimum atomic E-state index is -0.00341. The van der Waals surface area contributed by atoms with Gasteiger partial charge >= 0.3 is 6.03 Å². The minimum absolute atomic E-state index is 0.00341. The zero-order valence-electron chi connectivity index (χ0n) is 15.2. The Morgan fingerprint density at radius 1 is 1.31 bits per heavy atom. The smallest absolute Gasteiger partial charge is 0.317 e. The number of nitrogens with zero attached hydrogens (tertiary/aromatic N) is 4. The monoisotopic (exact) mass is 354 g/mol. The second-order valence-corrected chi connectivity index (χ2v) is 7.33. The highest BCUT2D eigenvalue weighted by Crippen LogP contribution is 2.38. The standard InChI is InChI=1S/C19H26N6O/c1-2-16(13-7-9-20-10-8-13)21-19(26)25-11-3-4-15(12-25)18-22-17(23-24-18)14-5-6-14/h7-10,14-16H,2-6,11-12H2,1H3,(H,21,26)(H,22,23,24). The molecule has 2 atom stereocenters. The summed E-state index contributed by atoms with van der Waals surface area (Å²) in [6, 6.07) is 3.92. The lowest BCUT2D eigenvalue weighted by molar-refractivity contribution is 0.174. The van der Waals surface area contributed by atoms with Crippen molar-refractivity contribution in [2.75, 3.05) is 13.1 Å². The normalized spacial score (nSPS) is 21.4. The molecular formula is C19H26N6O. The molecule has 0 bridgehead atoms. The molecule has 2 aliphatic rings. The fraction of sp³-hybridized carbons (Fsp3) is 0.579. The average Bonchev–Trinajstić information content (AvgIpc) is 3.43. The molecule has 0 aromatic carbocycles. The van der Waals surface area contributed by atoms with Gasteiger partial charge in [-0.05, 0) is 49.8 Å². The molecule has 1 saturated heterocycles. The molecule has 2 fully saturated rings. The van der Waals surface area contributed by atoms with Crippen LogP contribution >= 0.6 is 0 Å². The van der Waals surface area contributed by atoms with Crippen LogP contribution in [0.25, 0.3) is 0 Å². The molecule has 2 amide bonds. The van der Waals surface area contributed by atoms with Crippen LogP contribution in [0.5, 0.6) is 0 Å². The molecule has 26 heavy (non-hydrogen) atoms. The van der Waals surface area contributed by atoms with E-state index in [9.17, 15) is 4.79 Å². The number of hydrogen-bond acceptors (Lipinski definition) is 4. The Hall–Kier alpha value is -2.44. The van der Waals surface area contributed by atoms with Gasteiger partial charge < -0.3 is 10.2 Å². The fourth-order valence-corrected chi connectivity index (χ4v) is 3.64. The van der Waals surface area contributed by atoms with Gasteiger partial charge in [-0.15, -0.1) is 0 Å². The summed E-state index contributed by atoms with van der Waals surface area (Å²) in [5, 5.41) is 10.7. The first-order chi connectivity index (χ1) is 12.7. The number of H-pyrrole nitrogens is 1. The molecule has 7 heteroatoms. The quantitative estimate of drug-likeness (QED) is 0.864. The molecule has 0 spiro atoms. The lowest BCUT2D eigenvalue weighted by atomic mass is 9.97. The Labute approximate surface area is 153 Å². The third-order valence-electron chi connectivity index (χ3n) is 5.37. The van der Waals surface area contributed by atoms with E-state index in [4.69, 9.17) is 0 Å². The van der Waals surface area contributed by atoms with Gasteiger partial charge in [0.05, 0.1) is 6.04 Å². The summed E-state index contributed by atoms with van der Waals surface area (Å²) in [6.07, 6.45) is 8.81.